The van der Waals surface area contributed by atoms with Gasteiger partial charge in [-0.25, -0.2) is 0 Å². The minimum Gasteiger partial charge on any atom is -0.465 e. The molecule has 0 unspecified atom stereocenters. The van der Waals surface area contributed by atoms with Gasteiger partial charge >= 0.3 is 5.97 Å². The molecule has 2 aromatic heterocycles. The Balaban J connectivity index is 1.98. The highest BCUT2D eigenvalue weighted by molar-refractivity contribution is 7.11. The lowest BCUT2D eigenvalue weighted by Crippen LogP contribution is -2.33. The van der Waals surface area contributed by atoms with Gasteiger partial charge in [0.05, 0.1) is 6.61 Å². The molecule has 0 amide bonds. The van der Waals surface area contributed by atoms with Crippen molar-refractivity contribution in [2.75, 3.05) is 6.61 Å². The predicted molar refractivity (Wildman–Crippen MR) is 89.1 cm³/mol. The average Bonchev–Trinajstić information content (AvgIpc) is 3.20. The van der Waals surface area contributed by atoms with E-state index >= 15 is 0 Å². The van der Waals surface area contributed by atoms with Gasteiger partial charge in [0.15, 0.2) is 5.78 Å². The lowest BCUT2D eigenvalue weighted by Gasteiger charge is -2.28. The van der Waals surface area contributed by atoms with E-state index in [9.17, 15) is 9.59 Å². The van der Waals surface area contributed by atoms with E-state index in [1.165, 1.54) is 0 Å². The summed E-state index contributed by atoms with van der Waals surface area (Å²) in [6, 6.07) is 7.94. The molecule has 0 spiro atoms. The molecule has 2 atom stereocenters. The summed E-state index contributed by atoms with van der Waals surface area (Å²) >= 11 is 3.20. The van der Waals surface area contributed by atoms with Crippen LogP contribution in [0.4, 0.5) is 0 Å². The predicted octanol–water partition coefficient (Wildman–Crippen LogP) is 4.13. The fourth-order valence-corrected chi connectivity index (χ4v) is 4.41. The Morgan fingerprint density at radius 2 is 2.05 bits per heavy atom. The van der Waals surface area contributed by atoms with E-state index in [1.54, 1.807) is 35.7 Å². The number of allylic oxidation sites excluding steroid dienone is 2. The summed E-state index contributed by atoms with van der Waals surface area (Å²) < 4.78 is 5.12. The Hall–Kier alpha value is -1.72. The molecule has 1 aliphatic carbocycles. The molecule has 0 saturated carbocycles. The quantitative estimate of drug-likeness (QED) is 0.624. The lowest BCUT2D eigenvalue weighted by molar-refractivity contribution is -0.151. The number of esters is 1. The van der Waals surface area contributed by atoms with E-state index in [4.69, 9.17) is 4.74 Å². The molecule has 0 N–H and O–H groups in total. The first-order valence-corrected chi connectivity index (χ1v) is 8.95. The summed E-state index contributed by atoms with van der Waals surface area (Å²) in [4.78, 5) is 27.0. The van der Waals surface area contributed by atoms with Crippen LogP contribution in [-0.4, -0.2) is 18.4 Å². The minimum absolute atomic E-state index is 0.131. The number of rotatable bonds is 4. The van der Waals surface area contributed by atoms with Gasteiger partial charge in [-0.1, -0.05) is 12.1 Å². The fourth-order valence-electron chi connectivity index (χ4n) is 2.79. The summed E-state index contributed by atoms with van der Waals surface area (Å²) in [5, 5.41) is 3.98. The average molecular weight is 332 g/mol. The van der Waals surface area contributed by atoms with Crippen LogP contribution in [0.3, 0.4) is 0 Å². The van der Waals surface area contributed by atoms with Gasteiger partial charge in [-0.15, -0.1) is 22.7 Å². The molecule has 2 heterocycles. The van der Waals surface area contributed by atoms with E-state index in [2.05, 4.69) is 0 Å². The van der Waals surface area contributed by atoms with Crippen LogP contribution in [0.1, 0.15) is 29.0 Å². The maximum atomic E-state index is 12.6. The zero-order chi connectivity index (χ0) is 15.5. The van der Waals surface area contributed by atoms with E-state index < -0.39 is 11.9 Å². The largest absolute Gasteiger partial charge is 0.465 e. The van der Waals surface area contributed by atoms with E-state index in [-0.39, 0.29) is 11.7 Å². The van der Waals surface area contributed by atoms with Crippen molar-refractivity contribution in [2.45, 2.75) is 19.3 Å². The Labute approximate surface area is 137 Å². The van der Waals surface area contributed by atoms with Gasteiger partial charge in [0.1, 0.15) is 5.92 Å². The van der Waals surface area contributed by atoms with Crippen molar-refractivity contribution >= 4 is 40.0 Å². The van der Waals surface area contributed by atoms with Crippen LogP contribution >= 0.6 is 22.7 Å². The van der Waals surface area contributed by atoms with Crippen molar-refractivity contribution in [1.29, 1.82) is 0 Å². The molecule has 0 aromatic carbocycles. The van der Waals surface area contributed by atoms with E-state index in [1.807, 2.05) is 35.0 Å². The van der Waals surface area contributed by atoms with Crippen molar-refractivity contribution in [2.24, 2.45) is 5.92 Å². The SMILES string of the molecule is CCOC(=O)[C@@H]1C(=O)C=C(c2cccs2)C[C@H]1c1cccs1. The second kappa shape index (κ2) is 6.58. The molecule has 3 rings (SSSR count). The molecule has 0 radical (unpaired) electrons. The Morgan fingerprint density at radius 1 is 1.27 bits per heavy atom. The smallest absolute Gasteiger partial charge is 0.317 e. The maximum Gasteiger partial charge on any atom is 0.317 e. The van der Waals surface area contributed by atoms with Crippen LogP contribution in [0, 0.1) is 5.92 Å². The van der Waals surface area contributed by atoms with Crippen molar-refractivity contribution in [1.82, 2.24) is 0 Å². The second-order valence-corrected chi connectivity index (χ2v) is 7.03. The number of thiophene rings is 2. The zero-order valence-electron chi connectivity index (χ0n) is 12.2. The summed E-state index contributed by atoms with van der Waals surface area (Å²) in [6.45, 7) is 2.06. The molecule has 0 aliphatic heterocycles. The molecule has 114 valence electrons. The molecule has 0 fully saturated rings. The van der Waals surface area contributed by atoms with Crippen LogP contribution in [0.15, 0.2) is 41.1 Å². The molecule has 0 saturated heterocycles. The normalized spacial score (nSPS) is 21.5. The highest BCUT2D eigenvalue weighted by atomic mass is 32.1. The monoisotopic (exact) mass is 332 g/mol. The van der Waals surface area contributed by atoms with Gasteiger partial charge in [-0.2, -0.15) is 0 Å². The third kappa shape index (κ3) is 2.91. The van der Waals surface area contributed by atoms with Crippen LogP contribution in [0.25, 0.3) is 5.57 Å². The number of hydrogen-bond acceptors (Lipinski definition) is 5. The van der Waals surface area contributed by atoms with Gasteiger partial charge < -0.3 is 4.74 Å². The van der Waals surface area contributed by atoms with E-state index in [0.29, 0.717) is 13.0 Å². The Kier molecular flexibility index (Phi) is 4.55. The fraction of sp³-hybridized carbons (Fsp3) is 0.294. The molecule has 2 aromatic rings. The number of carbonyl (C=O) groups is 2. The zero-order valence-corrected chi connectivity index (χ0v) is 13.8. The molecular formula is C17H16O3S2. The molecule has 5 heteroatoms. The molecular weight excluding hydrogens is 316 g/mol. The van der Waals surface area contributed by atoms with Crippen LogP contribution in [-0.2, 0) is 14.3 Å². The highest BCUT2D eigenvalue weighted by Crippen LogP contribution is 2.42. The third-order valence-corrected chi connectivity index (χ3v) is 5.70. The number of carbonyl (C=O) groups excluding carboxylic acids is 2. The molecule has 22 heavy (non-hydrogen) atoms. The van der Waals surface area contributed by atoms with Crippen LogP contribution in [0.2, 0.25) is 0 Å². The van der Waals surface area contributed by atoms with Gasteiger partial charge in [0.25, 0.3) is 0 Å². The summed E-state index contributed by atoms with van der Waals surface area (Å²) in [7, 11) is 0. The standard InChI is InChI=1S/C17H16O3S2/c1-2-20-17(19)16-12(15-6-4-8-22-15)9-11(10-13(16)18)14-5-3-7-21-14/h3-8,10,12,16H,2,9H2,1H3/t12-,16-/m0/s1. The Bertz CT molecular complexity index is 684. The second-order valence-electron chi connectivity index (χ2n) is 5.11. The summed E-state index contributed by atoms with van der Waals surface area (Å²) in [5.74, 6) is -1.41. The van der Waals surface area contributed by atoms with Crippen molar-refractivity contribution in [3.63, 3.8) is 0 Å². The van der Waals surface area contributed by atoms with Gasteiger partial charge in [0, 0.05) is 15.7 Å². The van der Waals surface area contributed by atoms with Crippen LogP contribution in [0.5, 0.6) is 0 Å². The van der Waals surface area contributed by atoms with Crippen molar-refractivity contribution < 1.29 is 14.3 Å². The summed E-state index contributed by atoms with van der Waals surface area (Å²) in [6.07, 6.45) is 2.31. The number of hydrogen-bond donors (Lipinski definition) is 0. The first kappa shape index (κ1) is 15.2. The topological polar surface area (TPSA) is 43.4 Å². The Morgan fingerprint density at radius 3 is 2.68 bits per heavy atom. The van der Waals surface area contributed by atoms with Gasteiger partial charge in [-0.05, 0) is 47.9 Å². The van der Waals surface area contributed by atoms with Gasteiger partial charge in [-0.3, -0.25) is 9.59 Å². The highest BCUT2D eigenvalue weighted by Gasteiger charge is 2.40. The molecule has 0 bridgehead atoms. The van der Waals surface area contributed by atoms with Crippen LogP contribution < -0.4 is 0 Å². The van der Waals surface area contributed by atoms with Gasteiger partial charge in [0.2, 0.25) is 0 Å². The van der Waals surface area contributed by atoms with Crippen molar-refractivity contribution in [3.8, 4) is 0 Å². The lowest BCUT2D eigenvalue weighted by atomic mass is 9.77. The first-order valence-electron chi connectivity index (χ1n) is 7.19. The number of ether oxygens (including phenoxy) is 1. The first-order chi connectivity index (χ1) is 10.7. The number of ketones is 1. The summed E-state index contributed by atoms with van der Waals surface area (Å²) in [5.41, 5.74) is 1.01. The molecule has 1 aliphatic rings. The minimum atomic E-state index is -0.720. The van der Waals surface area contributed by atoms with E-state index in [0.717, 1.165) is 15.3 Å². The van der Waals surface area contributed by atoms with Crippen molar-refractivity contribution in [3.05, 3.63) is 50.9 Å². The third-order valence-electron chi connectivity index (χ3n) is 3.75. The maximum absolute atomic E-state index is 12.6. The molecule has 3 nitrogen and oxygen atoms in total.